The summed E-state index contributed by atoms with van der Waals surface area (Å²) in [7, 11) is 0.0258. The lowest BCUT2D eigenvalue weighted by Crippen LogP contribution is -2.39. The summed E-state index contributed by atoms with van der Waals surface area (Å²) in [6.45, 7) is 0.671. The molecule has 1 fully saturated rings. The molecule has 0 N–H and O–H groups in total. The lowest BCUT2D eigenvalue weighted by atomic mass is 10.1. The smallest absolute Gasteiger partial charge is 0.176 e. The molecule has 150 valence electrons. The molecular formula is C21H25NO5S. The molecule has 7 heteroatoms. The topological polar surface area (TPSA) is 72.9 Å². The molecule has 1 atom stereocenters. The van der Waals surface area contributed by atoms with Crippen LogP contribution in [0.1, 0.15) is 22.3 Å². The summed E-state index contributed by atoms with van der Waals surface area (Å²) in [5.41, 5.74) is 1.56. The van der Waals surface area contributed by atoms with Gasteiger partial charge in [0.05, 0.1) is 32.3 Å². The van der Waals surface area contributed by atoms with E-state index in [0.717, 1.165) is 5.56 Å². The molecule has 0 aliphatic carbocycles. The van der Waals surface area contributed by atoms with Crippen molar-refractivity contribution in [3.63, 3.8) is 0 Å². The van der Waals surface area contributed by atoms with E-state index < -0.39 is 9.84 Å². The fraction of sp³-hybridized carbons (Fsp3) is 0.381. The van der Waals surface area contributed by atoms with Gasteiger partial charge in [-0.2, -0.15) is 0 Å². The Morgan fingerprint density at radius 2 is 1.79 bits per heavy atom. The number of hydrogen-bond donors (Lipinski definition) is 0. The van der Waals surface area contributed by atoms with Crippen LogP contribution in [0.2, 0.25) is 0 Å². The molecule has 0 bridgehead atoms. The van der Waals surface area contributed by atoms with Crippen LogP contribution in [-0.2, 0) is 16.4 Å². The standard InChI is InChI=1S/C21H25NO5S/c1-26-20-9-8-17(12-21(20)27-2)19(23)14-22(13-16-6-4-3-5-7-16)18-10-11-28(24,25)15-18/h3-9,12,18H,10-11,13-15H2,1-2H3/t18-/m1/s1. The third-order valence-corrected chi connectivity index (χ3v) is 6.76. The first-order valence-electron chi connectivity index (χ1n) is 9.15. The second-order valence-electron chi connectivity index (χ2n) is 6.94. The normalized spacial score (nSPS) is 18.2. The summed E-state index contributed by atoms with van der Waals surface area (Å²) < 4.78 is 34.4. The van der Waals surface area contributed by atoms with Gasteiger partial charge in [0.15, 0.2) is 27.1 Å². The highest BCUT2D eigenvalue weighted by Crippen LogP contribution is 2.28. The van der Waals surface area contributed by atoms with Crippen LogP contribution in [0.5, 0.6) is 11.5 Å². The summed E-state index contributed by atoms with van der Waals surface area (Å²) in [5.74, 6) is 1.24. The fourth-order valence-electron chi connectivity index (χ4n) is 3.48. The van der Waals surface area contributed by atoms with Crippen molar-refractivity contribution in [1.29, 1.82) is 0 Å². The molecule has 0 saturated carbocycles. The van der Waals surface area contributed by atoms with Gasteiger partial charge in [0.2, 0.25) is 0 Å². The van der Waals surface area contributed by atoms with Crippen LogP contribution in [0, 0.1) is 0 Å². The van der Waals surface area contributed by atoms with E-state index in [0.29, 0.717) is 30.0 Å². The summed E-state index contributed by atoms with van der Waals surface area (Å²) >= 11 is 0. The molecule has 0 unspecified atom stereocenters. The summed E-state index contributed by atoms with van der Waals surface area (Å²) in [4.78, 5) is 14.9. The van der Waals surface area contributed by atoms with Gasteiger partial charge < -0.3 is 9.47 Å². The highest BCUT2D eigenvalue weighted by atomic mass is 32.2. The van der Waals surface area contributed by atoms with E-state index in [1.54, 1.807) is 25.3 Å². The molecule has 28 heavy (non-hydrogen) atoms. The maximum atomic E-state index is 12.9. The largest absolute Gasteiger partial charge is 0.493 e. The van der Waals surface area contributed by atoms with E-state index in [9.17, 15) is 13.2 Å². The van der Waals surface area contributed by atoms with Crippen molar-refractivity contribution in [1.82, 2.24) is 4.90 Å². The Balaban J connectivity index is 1.81. The van der Waals surface area contributed by atoms with Crippen LogP contribution >= 0.6 is 0 Å². The first-order valence-corrected chi connectivity index (χ1v) is 11.0. The zero-order chi connectivity index (χ0) is 20.1. The SMILES string of the molecule is COc1ccc(C(=O)CN(Cc2ccccc2)[C@@H]2CCS(=O)(=O)C2)cc1OC. The number of carbonyl (C=O) groups is 1. The van der Waals surface area contributed by atoms with Crippen LogP contribution < -0.4 is 9.47 Å². The van der Waals surface area contributed by atoms with Crippen LogP contribution in [0.25, 0.3) is 0 Å². The van der Waals surface area contributed by atoms with Gasteiger partial charge in [-0.05, 0) is 30.2 Å². The molecule has 2 aromatic carbocycles. The van der Waals surface area contributed by atoms with Crippen molar-refractivity contribution >= 4 is 15.6 Å². The number of ether oxygens (including phenoxy) is 2. The zero-order valence-corrected chi connectivity index (χ0v) is 16.9. The van der Waals surface area contributed by atoms with Gasteiger partial charge in [-0.25, -0.2) is 8.42 Å². The highest BCUT2D eigenvalue weighted by molar-refractivity contribution is 7.91. The van der Waals surface area contributed by atoms with Gasteiger partial charge in [-0.3, -0.25) is 9.69 Å². The number of carbonyl (C=O) groups excluding carboxylic acids is 1. The van der Waals surface area contributed by atoms with Crippen LogP contribution in [0.3, 0.4) is 0 Å². The molecule has 1 aliphatic heterocycles. The number of benzene rings is 2. The van der Waals surface area contributed by atoms with Crippen molar-refractivity contribution < 1.29 is 22.7 Å². The molecule has 0 amide bonds. The van der Waals surface area contributed by atoms with Crippen LogP contribution in [-0.4, -0.2) is 57.4 Å². The molecule has 6 nitrogen and oxygen atoms in total. The Bertz CT molecular complexity index is 927. The first kappa shape index (κ1) is 20.4. The number of methoxy groups -OCH3 is 2. The summed E-state index contributed by atoms with van der Waals surface area (Å²) in [5, 5.41) is 0. The minimum atomic E-state index is -3.04. The van der Waals surface area contributed by atoms with E-state index in [-0.39, 0.29) is 29.9 Å². The van der Waals surface area contributed by atoms with Gasteiger partial charge in [0, 0.05) is 18.2 Å². The monoisotopic (exact) mass is 403 g/mol. The molecule has 1 saturated heterocycles. The predicted molar refractivity (Wildman–Crippen MR) is 108 cm³/mol. The minimum Gasteiger partial charge on any atom is -0.493 e. The molecular weight excluding hydrogens is 378 g/mol. The average Bonchev–Trinajstić information content (AvgIpc) is 3.07. The van der Waals surface area contributed by atoms with E-state index in [2.05, 4.69) is 0 Å². The maximum absolute atomic E-state index is 12.9. The Morgan fingerprint density at radius 3 is 2.39 bits per heavy atom. The van der Waals surface area contributed by atoms with Gasteiger partial charge in [0.1, 0.15) is 0 Å². The molecule has 0 radical (unpaired) electrons. The number of sulfone groups is 1. The van der Waals surface area contributed by atoms with Crippen molar-refractivity contribution in [2.75, 3.05) is 32.3 Å². The maximum Gasteiger partial charge on any atom is 0.176 e. The zero-order valence-electron chi connectivity index (χ0n) is 16.1. The van der Waals surface area contributed by atoms with Crippen molar-refractivity contribution in [2.24, 2.45) is 0 Å². The van der Waals surface area contributed by atoms with Gasteiger partial charge in [-0.1, -0.05) is 30.3 Å². The number of hydrogen-bond acceptors (Lipinski definition) is 6. The molecule has 1 aliphatic rings. The van der Waals surface area contributed by atoms with Gasteiger partial charge in [0.25, 0.3) is 0 Å². The first-order chi connectivity index (χ1) is 13.4. The molecule has 0 aromatic heterocycles. The Kier molecular flexibility index (Phi) is 6.36. The number of Topliss-reactive ketones (excluding diaryl/α,β-unsaturated/α-hetero) is 1. The molecule has 0 spiro atoms. The molecule has 2 aromatic rings. The lowest BCUT2D eigenvalue weighted by Gasteiger charge is -2.27. The van der Waals surface area contributed by atoms with Crippen LogP contribution in [0.15, 0.2) is 48.5 Å². The average molecular weight is 404 g/mol. The summed E-state index contributed by atoms with van der Waals surface area (Å²) in [6.07, 6.45) is 0.550. The Hall–Kier alpha value is -2.38. The number of rotatable bonds is 8. The van der Waals surface area contributed by atoms with Gasteiger partial charge >= 0.3 is 0 Å². The van der Waals surface area contributed by atoms with E-state index in [1.807, 2.05) is 35.2 Å². The van der Waals surface area contributed by atoms with E-state index in [1.165, 1.54) is 7.11 Å². The minimum absolute atomic E-state index is 0.0822. The van der Waals surface area contributed by atoms with E-state index in [4.69, 9.17) is 9.47 Å². The van der Waals surface area contributed by atoms with Gasteiger partial charge in [-0.15, -0.1) is 0 Å². The second kappa shape index (κ2) is 8.75. The Labute approximate surface area is 166 Å². The third kappa shape index (κ3) is 4.91. The fourth-order valence-corrected chi connectivity index (χ4v) is 5.24. The number of nitrogens with zero attached hydrogens (tertiary/aromatic N) is 1. The van der Waals surface area contributed by atoms with Crippen molar-refractivity contribution in [3.05, 3.63) is 59.7 Å². The predicted octanol–water partition coefficient (Wildman–Crippen LogP) is 2.58. The highest BCUT2D eigenvalue weighted by Gasteiger charge is 2.33. The molecule has 1 heterocycles. The van der Waals surface area contributed by atoms with Crippen molar-refractivity contribution in [3.8, 4) is 11.5 Å². The van der Waals surface area contributed by atoms with Crippen LogP contribution in [0.4, 0.5) is 0 Å². The quantitative estimate of drug-likeness (QED) is 0.631. The Morgan fingerprint density at radius 1 is 1.07 bits per heavy atom. The number of ketones is 1. The lowest BCUT2D eigenvalue weighted by molar-refractivity contribution is 0.0892. The molecule has 3 rings (SSSR count). The van der Waals surface area contributed by atoms with E-state index >= 15 is 0 Å². The summed E-state index contributed by atoms with van der Waals surface area (Å²) in [6, 6.07) is 14.7. The van der Waals surface area contributed by atoms with Crippen molar-refractivity contribution in [2.45, 2.75) is 19.0 Å². The third-order valence-electron chi connectivity index (χ3n) is 5.01. The second-order valence-corrected chi connectivity index (χ2v) is 9.17.